The molecule has 1 aromatic heterocycles. The highest BCUT2D eigenvalue weighted by molar-refractivity contribution is 7.80. The minimum atomic E-state index is -0.651. The second-order valence-electron chi connectivity index (χ2n) is 8.94. The lowest BCUT2D eigenvalue weighted by molar-refractivity contribution is -0.142. The molecule has 0 bridgehead atoms. The zero-order valence-corrected chi connectivity index (χ0v) is 20.7. The molecule has 1 saturated heterocycles. The maximum Gasteiger partial charge on any atom is 0.267 e. The number of carbonyl (C=O) groups is 1. The maximum atomic E-state index is 13.1. The van der Waals surface area contributed by atoms with Gasteiger partial charge < -0.3 is 24.6 Å². The van der Waals surface area contributed by atoms with Gasteiger partial charge in [0.25, 0.3) is 5.91 Å². The number of benzene rings is 1. The van der Waals surface area contributed by atoms with E-state index in [1.54, 1.807) is 0 Å². The Labute approximate surface area is 209 Å². The summed E-state index contributed by atoms with van der Waals surface area (Å²) in [5.41, 5.74) is 1.73. The number of guanidine groups is 1. The second-order valence-corrected chi connectivity index (χ2v) is 9.32. The number of para-hydroxylation sites is 2. The van der Waals surface area contributed by atoms with Crippen molar-refractivity contribution in [2.75, 3.05) is 38.1 Å². The summed E-state index contributed by atoms with van der Waals surface area (Å²) in [5, 5.41) is 6.94. The summed E-state index contributed by atoms with van der Waals surface area (Å²) >= 11 is 5.46. The Bertz CT molecular complexity index is 1130. The first-order valence-corrected chi connectivity index (χ1v) is 12.3. The molecule has 35 heavy (non-hydrogen) atoms. The van der Waals surface area contributed by atoms with Crippen LogP contribution in [-0.4, -0.2) is 81.7 Å². The van der Waals surface area contributed by atoms with Gasteiger partial charge in [-0.1, -0.05) is 12.1 Å². The number of aromatic nitrogens is 2. The quantitative estimate of drug-likeness (QED) is 0.375. The van der Waals surface area contributed by atoms with E-state index in [-0.39, 0.29) is 12.5 Å². The largest absolute Gasteiger partial charge is 0.485 e. The first-order chi connectivity index (χ1) is 16.9. The van der Waals surface area contributed by atoms with E-state index in [1.807, 2.05) is 49.1 Å². The molecular weight excluding hydrogens is 466 g/mol. The number of hydrogen-bond donors (Lipinski definition) is 2. The molecular formula is C24H29N7O3S. The van der Waals surface area contributed by atoms with Gasteiger partial charge in [0.1, 0.15) is 6.61 Å². The Morgan fingerprint density at radius 2 is 1.71 bits per heavy atom. The molecule has 1 amide bonds. The standard InChI is InChI=1S/C24H29N7O3S/c1-15-13-16(2)26-22(25-15)28-23(29-24(35)27-17-7-8-17)31-11-9-30(10-12-31)21(32)20-14-33-18-5-3-4-6-19(18)34-20/h3-6,13,17,20H,7-12,14H2,1-2H3,(H2,25,26,27,28,29,35). The van der Waals surface area contributed by atoms with E-state index in [9.17, 15) is 4.79 Å². The van der Waals surface area contributed by atoms with Gasteiger partial charge in [0.2, 0.25) is 18.0 Å². The molecule has 0 spiro atoms. The Morgan fingerprint density at radius 3 is 2.40 bits per heavy atom. The third kappa shape index (κ3) is 5.79. The highest BCUT2D eigenvalue weighted by atomic mass is 32.1. The number of amides is 1. The van der Waals surface area contributed by atoms with Crippen LogP contribution in [0.1, 0.15) is 24.2 Å². The highest BCUT2D eigenvalue weighted by Crippen LogP contribution is 2.31. The lowest BCUT2D eigenvalue weighted by Crippen LogP contribution is -2.56. The number of rotatable bonds is 3. The molecule has 0 radical (unpaired) electrons. The number of hydrogen-bond acceptors (Lipinski definition) is 6. The van der Waals surface area contributed by atoms with Crippen LogP contribution in [0.2, 0.25) is 0 Å². The van der Waals surface area contributed by atoms with Crippen LogP contribution >= 0.6 is 12.2 Å². The van der Waals surface area contributed by atoms with E-state index in [2.05, 4.69) is 30.5 Å². The molecule has 1 aromatic carbocycles. The molecule has 11 heteroatoms. The number of nitrogens with zero attached hydrogens (tertiary/aromatic N) is 5. The van der Waals surface area contributed by atoms with E-state index < -0.39 is 6.10 Å². The number of piperazine rings is 1. The van der Waals surface area contributed by atoms with E-state index in [4.69, 9.17) is 21.7 Å². The van der Waals surface area contributed by atoms with E-state index in [0.717, 1.165) is 24.2 Å². The number of aliphatic imine (C=N–C) groups is 1. The zero-order chi connectivity index (χ0) is 24.4. The van der Waals surface area contributed by atoms with Gasteiger partial charge in [-0.3, -0.25) is 10.1 Å². The number of ether oxygens (including phenoxy) is 2. The molecule has 2 aliphatic heterocycles. The van der Waals surface area contributed by atoms with Crippen LogP contribution in [0.3, 0.4) is 0 Å². The number of aryl methyl sites for hydroxylation is 2. The van der Waals surface area contributed by atoms with Crippen LogP contribution in [-0.2, 0) is 4.79 Å². The highest BCUT2D eigenvalue weighted by Gasteiger charge is 2.33. The van der Waals surface area contributed by atoms with Gasteiger partial charge in [-0.25, -0.2) is 9.97 Å². The number of thiocarbonyl (C=S) groups is 1. The van der Waals surface area contributed by atoms with Crippen molar-refractivity contribution in [2.45, 2.75) is 38.8 Å². The minimum absolute atomic E-state index is 0.0748. The summed E-state index contributed by atoms with van der Waals surface area (Å²) in [7, 11) is 0. The van der Waals surface area contributed by atoms with Gasteiger partial charge in [0.05, 0.1) is 0 Å². The van der Waals surface area contributed by atoms with E-state index >= 15 is 0 Å². The third-order valence-corrected chi connectivity index (χ3v) is 6.20. The van der Waals surface area contributed by atoms with Crippen LogP contribution in [0, 0.1) is 13.8 Å². The first kappa shape index (κ1) is 23.3. The molecule has 184 valence electrons. The monoisotopic (exact) mass is 495 g/mol. The summed E-state index contributed by atoms with van der Waals surface area (Å²) in [4.78, 5) is 30.6. The average Bonchev–Trinajstić information content (AvgIpc) is 3.66. The average molecular weight is 496 g/mol. The van der Waals surface area contributed by atoms with E-state index in [1.165, 1.54) is 0 Å². The summed E-state index contributed by atoms with van der Waals surface area (Å²) in [6, 6.07) is 9.72. The smallest absolute Gasteiger partial charge is 0.267 e. The van der Waals surface area contributed by atoms with Crippen molar-refractivity contribution in [3.05, 3.63) is 41.7 Å². The summed E-state index contributed by atoms with van der Waals surface area (Å²) in [5.74, 6) is 2.23. The summed E-state index contributed by atoms with van der Waals surface area (Å²) in [6.07, 6.45) is 1.56. The molecule has 5 rings (SSSR count). The van der Waals surface area contributed by atoms with Crippen molar-refractivity contribution in [3.63, 3.8) is 0 Å². The normalized spacial score (nSPS) is 19.8. The third-order valence-electron chi connectivity index (χ3n) is 5.99. The number of carbonyl (C=O) groups excluding carboxylic acids is 1. The fraction of sp³-hybridized carbons (Fsp3) is 0.458. The fourth-order valence-corrected chi connectivity index (χ4v) is 4.33. The fourth-order valence-electron chi connectivity index (χ4n) is 4.07. The molecule has 2 fully saturated rings. The van der Waals surface area contributed by atoms with Crippen LogP contribution in [0.15, 0.2) is 35.3 Å². The Balaban J connectivity index is 1.24. The van der Waals surface area contributed by atoms with Crippen molar-refractivity contribution in [1.82, 2.24) is 25.1 Å². The van der Waals surface area contributed by atoms with Crippen LogP contribution in [0.5, 0.6) is 11.5 Å². The van der Waals surface area contributed by atoms with Gasteiger partial charge in [-0.2, -0.15) is 4.99 Å². The predicted octanol–water partition coefficient (Wildman–Crippen LogP) is 1.88. The Hall–Kier alpha value is -3.47. The van der Waals surface area contributed by atoms with Crippen molar-refractivity contribution >= 4 is 35.1 Å². The van der Waals surface area contributed by atoms with Crippen LogP contribution in [0.4, 0.5) is 5.95 Å². The molecule has 1 saturated carbocycles. The lowest BCUT2D eigenvalue weighted by atomic mass is 10.2. The van der Waals surface area contributed by atoms with Crippen molar-refractivity contribution in [2.24, 2.45) is 4.99 Å². The Morgan fingerprint density at radius 1 is 1.06 bits per heavy atom. The van der Waals surface area contributed by atoms with Crippen LogP contribution in [0.25, 0.3) is 0 Å². The van der Waals surface area contributed by atoms with Crippen molar-refractivity contribution < 1.29 is 14.3 Å². The zero-order valence-electron chi connectivity index (χ0n) is 19.9. The molecule has 10 nitrogen and oxygen atoms in total. The second kappa shape index (κ2) is 10.0. The number of fused-ring (bicyclic) bond motifs is 1. The van der Waals surface area contributed by atoms with Gasteiger partial charge in [0.15, 0.2) is 16.6 Å². The first-order valence-electron chi connectivity index (χ1n) is 11.9. The van der Waals surface area contributed by atoms with Gasteiger partial charge in [-0.05, 0) is 57.1 Å². The van der Waals surface area contributed by atoms with Gasteiger partial charge >= 0.3 is 0 Å². The van der Waals surface area contributed by atoms with Crippen molar-refractivity contribution in [3.8, 4) is 11.5 Å². The summed E-state index contributed by atoms with van der Waals surface area (Å²) < 4.78 is 11.6. The summed E-state index contributed by atoms with van der Waals surface area (Å²) in [6.45, 7) is 6.27. The SMILES string of the molecule is Cc1cc(C)nc(N/C(=N/C(=S)NC2CC2)N2CCN(C(=O)C3COc4ccccc4O3)CC2)n1. The molecule has 2 aromatic rings. The van der Waals surface area contributed by atoms with Crippen molar-refractivity contribution in [1.29, 1.82) is 0 Å². The van der Waals surface area contributed by atoms with Gasteiger partial charge in [0, 0.05) is 43.6 Å². The molecule has 1 atom stereocenters. The maximum absolute atomic E-state index is 13.1. The minimum Gasteiger partial charge on any atom is -0.485 e. The predicted molar refractivity (Wildman–Crippen MR) is 136 cm³/mol. The molecule has 1 aliphatic carbocycles. The number of nitrogens with one attached hydrogen (secondary N) is 2. The molecule has 3 heterocycles. The topological polar surface area (TPSA) is 104 Å². The van der Waals surface area contributed by atoms with Crippen LogP contribution < -0.4 is 20.1 Å². The molecule has 1 unspecified atom stereocenters. The lowest BCUT2D eigenvalue weighted by Gasteiger charge is -2.38. The molecule has 3 aliphatic rings. The molecule has 2 N–H and O–H groups in total. The number of anilines is 1. The van der Waals surface area contributed by atoms with E-state index in [0.29, 0.717) is 60.7 Å². The van der Waals surface area contributed by atoms with Gasteiger partial charge in [-0.15, -0.1) is 0 Å². The Kier molecular flexibility index (Phi) is 6.67.